The van der Waals surface area contributed by atoms with Gasteiger partial charge < -0.3 is 4.74 Å². The lowest BCUT2D eigenvalue weighted by molar-refractivity contribution is -0.122. The number of carbonyl (C=O) groups excluding carboxylic acids is 1. The molecule has 0 aliphatic carbocycles. The van der Waals surface area contributed by atoms with E-state index < -0.39 is 6.10 Å². The largest absolute Gasteiger partial charge is 0.481 e. The molecule has 0 fully saturated rings. The number of hydrogen-bond acceptors (Lipinski definition) is 4. The van der Waals surface area contributed by atoms with Gasteiger partial charge in [-0.3, -0.25) is 10.1 Å². The van der Waals surface area contributed by atoms with Crippen LogP contribution in [-0.2, 0) is 4.79 Å². The zero-order valence-electron chi connectivity index (χ0n) is 12.7. The van der Waals surface area contributed by atoms with Crippen LogP contribution in [0, 0.1) is 0 Å². The molecule has 1 atom stereocenters. The molecule has 1 aromatic carbocycles. The molecule has 0 radical (unpaired) electrons. The number of ether oxygens (including phenoxy) is 1. The quantitative estimate of drug-likeness (QED) is 0.877. The molecule has 0 aliphatic rings. The van der Waals surface area contributed by atoms with E-state index in [9.17, 15) is 4.79 Å². The van der Waals surface area contributed by atoms with Crippen molar-refractivity contribution in [1.82, 2.24) is 9.97 Å². The van der Waals surface area contributed by atoms with Gasteiger partial charge in [-0.05, 0) is 46.5 Å². The first-order valence-electron chi connectivity index (χ1n) is 7.00. The molecule has 0 saturated carbocycles. The normalized spacial score (nSPS) is 12.0. The van der Waals surface area contributed by atoms with Gasteiger partial charge in [0.25, 0.3) is 5.91 Å². The maximum absolute atomic E-state index is 12.0. The molecule has 2 rings (SSSR count). The summed E-state index contributed by atoms with van der Waals surface area (Å²) in [7, 11) is 0. The molecule has 0 bridgehead atoms. The first kappa shape index (κ1) is 16.4. The number of hydrogen-bond donors (Lipinski definition) is 1. The van der Waals surface area contributed by atoms with Gasteiger partial charge in [0.2, 0.25) is 5.95 Å². The van der Waals surface area contributed by atoms with Crippen molar-refractivity contribution in [2.24, 2.45) is 0 Å². The van der Waals surface area contributed by atoms with Crippen LogP contribution in [0.3, 0.4) is 0 Å². The third-order valence-electron chi connectivity index (χ3n) is 3.08. The molecule has 2 aromatic rings. The SMILES string of the molecule is CC(Oc1ccc(C(C)C)cc1)C(=O)Nc1ncc(Br)cn1. The number of nitrogens with zero attached hydrogens (tertiary/aromatic N) is 2. The predicted molar refractivity (Wildman–Crippen MR) is 89.0 cm³/mol. The Labute approximate surface area is 138 Å². The van der Waals surface area contributed by atoms with Gasteiger partial charge >= 0.3 is 0 Å². The van der Waals surface area contributed by atoms with Crippen molar-refractivity contribution in [3.05, 3.63) is 46.7 Å². The Morgan fingerprint density at radius 3 is 2.27 bits per heavy atom. The van der Waals surface area contributed by atoms with E-state index in [0.717, 1.165) is 4.47 Å². The second kappa shape index (κ2) is 7.35. The Morgan fingerprint density at radius 1 is 1.14 bits per heavy atom. The van der Waals surface area contributed by atoms with E-state index in [-0.39, 0.29) is 11.9 Å². The van der Waals surface area contributed by atoms with Crippen LogP contribution < -0.4 is 10.1 Å². The molecule has 6 heteroatoms. The van der Waals surface area contributed by atoms with Gasteiger partial charge in [0.05, 0.1) is 4.47 Å². The lowest BCUT2D eigenvalue weighted by Gasteiger charge is -2.14. The lowest BCUT2D eigenvalue weighted by Crippen LogP contribution is -2.30. The average molecular weight is 364 g/mol. The summed E-state index contributed by atoms with van der Waals surface area (Å²) in [5.74, 6) is 1.07. The predicted octanol–water partition coefficient (Wildman–Crippen LogP) is 3.77. The van der Waals surface area contributed by atoms with Crippen molar-refractivity contribution in [3.63, 3.8) is 0 Å². The van der Waals surface area contributed by atoms with Crippen molar-refractivity contribution in [1.29, 1.82) is 0 Å². The molecule has 1 amide bonds. The number of amides is 1. The number of rotatable bonds is 5. The first-order chi connectivity index (χ1) is 10.5. The molecule has 116 valence electrons. The average Bonchev–Trinajstić information content (AvgIpc) is 2.50. The summed E-state index contributed by atoms with van der Waals surface area (Å²) in [6, 6.07) is 7.75. The molecule has 5 nitrogen and oxygen atoms in total. The summed E-state index contributed by atoms with van der Waals surface area (Å²) < 4.78 is 6.38. The van der Waals surface area contributed by atoms with Gasteiger partial charge in [0.1, 0.15) is 5.75 Å². The summed E-state index contributed by atoms with van der Waals surface area (Å²) in [6.45, 7) is 5.94. The number of nitrogens with one attached hydrogen (secondary N) is 1. The third kappa shape index (κ3) is 4.53. The molecular weight excluding hydrogens is 346 g/mol. The van der Waals surface area contributed by atoms with E-state index in [1.54, 1.807) is 19.3 Å². The third-order valence-corrected chi connectivity index (χ3v) is 3.49. The van der Waals surface area contributed by atoms with Crippen molar-refractivity contribution in [3.8, 4) is 5.75 Å². The topological polar surface area (TPSA) is 64.1 Å². The van der Waals surface area contributed by atoms with Crippen molar-refractivity contribution in [2.75, 3.05) is 5.32 Å². The van der Waals surface area contributed by atoms with Crippen LogP contribution in [0.15, 0.2) is 41.1 Å². The molecule has 0 aliphatic heterocycles. The van der Waals surface area contributed by atoms with E-state index in [1.165, 1.54) is 5.56 Å². The summed E-state index contributed by atoms with van der Waals surface area (Å²) in [4.78, 5) is 20.0. The summed E-state index contributed by atoms with van der Waals surface area (Å²) >= 11 is 3.24. The van der Waals surface area contributed by atoms with Crippen LogP contribution in [0.4, 0.5) is 5.95 Å². The standard InChI is InChI=1S/C16H18BrN3O2/c1-10(2)12-4-6-14(7-5-12)22-11(3)15(21)20-16-18-8-13(17)9-19-16/h4-11H,1-3H3,(H,18,19,20,21). The van der Waals surface area contributed by atoms with Gasteiger partial charge in [-0.25, -0.2) is 9.97 Å². The monoisotopic (exact) mass is 363 g/mol. The zero-order valence-corrected chi connectivity index (χ0v) is 14.3. The van der Waals surface area contributed by atoms with E-state index >= 15 is 0 Å². The van der Waals surface area contributed by atoms with Crippen LogP contribution in [0.5, 0.6) is 5.75 Å². The second-order valence-electron chi connectivity index (χ2n) is 5.20. The minimum atomic E-state index is -0.642. The smallest absolute Gasteiger partial charge is 0.267 e. The molecule has 0 spiro atoms. The van der Waals surface area contributed by atoms with Crippen LogP contribution in [0.1, 0.15) is 32.3 Å². The number of halogens is 1. The molecule has 22 heavy (non-hydrogen) atoms. The molecule has 1 unspecified atom stereocenters. The van der Waals surface area contributed by atoms with Gasteiger partial charge in [-0.2, -0.15) is 0 Å². The molecule has 0 saturated heterocycles. The fourth-order valence-corrected chi connectivity index (χ4v) is 1.98. The second-order valence-corrected chi connectivity index (χ2v) is 6.11. The van der Waals surface area contributed by atoms with E-state index in [2.05, 4.69) is 45.1 Å². The summed E-state index contributed by atoms with van der Waals surface area (Å²) in [5.41, 5.74) is 1.23. The Hall–Kier alpha value is -1.95. The Kier molecular flexibility index (Phi) is 5.49. The van der Waals surface area contributed by atoms with Crippen molar-refractivity contribution in [2.45, 2.75) is 32.8 Å². The highest BCUT2D eigenvalue weighted by molar-refractivity contribution is 9.10. The van der Waals surface area contributed by atoms with Gasteiger partial charge in [-0.15, -0.1) is 0 Å². The van der Waals surface area contributed by atoms with E-state index in [4.69, 9.17) is 4.74 Å². The molecule has 1 aromatic heterocycles. The van der Waals surface area contributed by atoms with Crippen molar-refractivity contribution < 1.29 is 9.53 Å². The fourth-order valence-electron chi connectivity index (χ4n) is 1.78. The van der Waals surface area contributed by atoms with E-state index in [0.29, 0.717) is 11.7 Å². The van der Waals surface area contributed by atoms with Crippen molar-refractivity contribution >= 4 is 27.8 Å². The first-order valence-corrected chi connectivity index (χ1v) is 7.80. The molecule has 1 heterocycles. The molecular formula is C16H18BrN3O2. The Bertz CT molecular complexity index is 627. The van der Waals surface area contributed by atoms with Crippen LogP contribution >= 0.6 is 15.9 Å². The fraction of sp³-hybridized carbons (Fsp3) is 0.312. The minimum Gasteiger partial charge on any atom is -0.481 e. The summed E-state index contributed by atoms with van der Waals surface area (Å²) in [6.07, 6.45) is 2.49. The van der Waals surface area contributed by atoms with Crippen LogP contribution in [-0.4, -0.2) is 22.0 Å². The molecule has 1 N–H and O–H groups in total. The maximum Gasteiger partial charge on any atom is 0.267 e. The number of carbonyl (C=O) groups is 1. The Balaban J connectivity index is 1.94. The van der Waals surface area contributed by atoms with Crippen LogP contribution in [0.2, 0.25) is 0 Å². The Morgan fingerprint density at radius 2 is 1.73 bits per heavy atom. The highest BCUT2D eigenvalue weighted by Gasteiger charge is 2.16. The maximum atomic E-state index is 12.0. The lowest BCUT2D eigenvalue weighted by atomic mass is 10.0. The number of aromatic nitrogens is 2. The number of benzene rings is 1. The highest BCUT2D eigenvalue weighted by Crippen LogP contribution is 2.19. The minimum absolute atomic E-state index is 0.249. The highest BCUT2D eigenvalue weighted by atomic mass is 79.9. The zero-order chi connectivity index (χ0) is 16.1. The summed E-state index contributed by atoms with van der Waals surface area (Å²) in [5, 5.41) is 2.61. The van der Waals surface area contributed by atoms with Crippen LogP contribution in [0.25, 0.3) is 0 Å². The van der Waals surface area contributed by atoms with Gasteiger partial charge in [0, 0.05) is 12.4 Å². The van der Waals surface area contributed by atoms with E-state index in [1.807, 2.05) is 24.3 Å². The van der Waals surface area contributed by atoms with Gasteiger partial charge in [-0.1, -0.05) is 26.0 Å². The van der Waals surface area contributed by atoms with Gasteiger partial charge in [0.15, 0.2) is 6.10 Å². The number of anilines is 1.